The highest BCUT2D eigenvalue weighted by molar-refractivity contribution is 5.86. The molecule has 106 valence electrons. The van der Waals surface area contributed by atoms with Crippen LogP contribution in [0.1, 0.15) is 53.4 Å². The molecule has 0 atom stereocenters. The predicted octanol–water partition coefficient (Wildman–Crippen LogP) is 3.21. The molecule has 2 fully saturated rings. The van der Waals surface area contributed by atoms with Crippen LogP contribution in [0.3, 0.4) is 0 Å². The van der Waals surface area contributed by atoms with Gasteiger partial charge in [-0.1, -0.05) is 27.7 Å². The average molecular weight is 262 g/mol. The average Bonchev–Trinajstić information content (AvgIpc) is 2.33. The number of nitriles is 1. The van der Waals surface area contributed by atoms with E-state index in [1.165, 1.54) is 0 Å². The van der Waals surface area contributed by atoms with Crippen molar-refractivity contribution in [1.29, 1.82) is 5.26 Å². The molecule has 1 aliphatic heterocycles. The smallest absolute Gasteiger partial charge is 0.243 e. The van der Waals surface area contributed by atoms with E-state index in [1.807, 2.05) is 4.90 Å². The summed E-state index contributed by atoms with van der Waals surface area (Å²) in [7, 11) is 0. The minimum absolute atomic E-state index is 0.0976. The quantitative estimate of drug-likeness (QED) is 0.728. The zero-order valence-corrected chi connectivity index (χ0v) is 12.7. The van der Waals surface area contributed by atoms with E-state index >= 15 is 0 Å². The monoisotopic (exact) mass is 262 g/mol. The van der Waals surface area contributed by atoms with E-state index in [2.05, 4.69) is 33.8 Å². The maximum absolute atomic E-state index is 12.5. The summed E-state index contributed by atoms with van der Waals surface area (Å²) in [5, 5.41) is 9.34. The van der Waals surface area contributed by atoms with Gasteiger partial charge in [-0.05, 0) is 42.9 Å². The summed E-state index contributed by atoms with van der Waals surface area (Å²) in [6.07, 6.45) is 3.65. The van der Waals surface area contributed by atoms with Crippen LogP contribution in [0.15, 0.2) is 0 Å². The number of hydrogen-bond donors (Lipinski definition) is 0. The van der Waals surface area contributed by atoms with Gasteiger partial charge in [0.25, 0.3) is 0 Å². The lowest BCUT2D eigenvalue weighted by Gasteiger charge is -2.45. The molecule has 3 heteroatoms. The van der Waals surface area contributed by atoms with E-state index in [0.29, 0.717) is 17.3 Å². The Balaban J connectivity index is 1.95. The third-order valence-corrected chi connectivity index (χ3v) is 5.02. The van der Waals surface area contributed by atoms with Crippen molar-refractivity contribution in [2.45, 2.75) is 53.4 Å². The van der Waals surface area contributed by atoms with Gasteiger partial charge in [0.1, 0.15) is 5.41 Å². The van der Waals surface area contributed by atoms with Crippen LogP contribution < -0.4 is 0 Å². The van der Waals surface area contributed by atoms with Crippen LogP contribution in [0.4, 0.5) is 0 Å². The van der Waals surface area contributed by atoms with Crippen LogP contribution in [-0.4, -0.2) is 23.9 Å². The Bertz CT molecular complexity index is 388. The molecule has 1 aliphatic carbocycles. The molecule has 0 radical (unpaired) electrons. The fourth-order valence-electron chi connectivity index (χ4n) is 3.69. The largest absolute Gasteiger partial charge is 0.341 e. The zero-order chi connectivity index (χ0) is 14.3. The minimum atomic E-state index is -0.687. The Labute approximate surface area is 117 Å². The summed E-state index contributed by atoms with van der Waals surface area (Å²) < 4.78 is 0. The van der Waals surface area contributed by atoms with Gasteiger partial charge in [-0.3, -0.25) is 4.79 Å². The van der Waals surface area contributed by atoms with Crippen LogP contribution in [0.2, 0.25) is 0 Å². The van der Waals surface area contributed by atoms with Gasteiger partial charge in [0.15, 0.2) is 0 Å². The van der Waals surface area contributed by atoms with Gasteiger partial charge in [-0.15, -0.1) is 0 Å². The molecule has 1 saturated carbocycles. The molecular weight excluding hydrogens is 236 g/mol. The third kappa shape index (κ3) is 2.63. The Morgan fingerprint density at radius 3 is 2.16 bits per heavy atom. The molecule has 0 aromatic heterocycles. The Morgan fingerprint density at radius 1 is 1.26 bits per heavy atom. The molecule has 3 nitrogen and oxygen atoms in total. The Morgan fingerprint density at radius 2 is 1.79 bits per heavy atom. The molecule has 0 aromatic rings. The number of nitrogens with zero attached hydrogens (tertiary/aromatic N) is 2. The number of carbonyl (C=O) groups excluding carboxylic acids is 1. The Kier molecular flexibility index (Phi) is 3.64. The minimum Gasteiger partial charge on any atom is -0.341 e. The highest BCUT2D eigenvalue weighted by atomic mass is 16.2. The van der Waals surface area contributed by atoms with Crippen molar-refractivity contribution in [3.05, 3.63) is 0 Å². The van der Waals surface area contributed by atoms with E-state index in [1.54, 1.807) is 0 Å². The third-order valence-electron chi connectivity index (χ3n) is 5.02. The second-order valence-corrected chi connectivity index (χ2v) is 7.64. The molecular formula is C16H26N2O. The summed E-state index contributed by atoms with van der Waals surface area (Å²) in [6, 6.07) is 2.29. The first-order chi connectivity index (χ1) is 8.78. The first kappa shape index (κ1) is 14.4. The maximum atomic E-state index is 12.5. The number of hydrogen-bond acceptors (Lipinski definition) is 2. The Hall–Kier alpha value is -1.04. The molecule has 0 spiro atoms. The standard InChI is InChI=1S/C16H26N2O/c1-12-9-16(10-12,11-17)14(19)18-7-5-13(6-8-18)15(2,3)4/h12-13H,5-10H2,1-4H3. The van der Waals surface area contributed by atoms with E-state index in [-0.39, 0.29) is 5.91 Å². The van der Waals surface area contributed by atoms with Gasteiger partial charge in [-0.25, -0.2) is 0 Å². The second-order valence-electron chi connectivity index (χ2n) is 7.64. The van der Waals surface area contributed by atoms with Crippen molar-refractivity contribution < 1.29 is 4.79 Å². The summed E-state index contributed by atoms with van der Waals surface area (Å²) in [5.74, 6) is 1.31. The van der Waals surface area contributed by atoms with Gasteiger partial charge in [0.2, 0.25) is 5.91 Å². The predicted molar refractivity (Wildman–Crippen MR) is 75.2 cm³/mol. The maximum Gasteiger partial charge on any atom is 0.243 e. The zero-order valence-electron chi connectivity index (χ0n) is 12.7. The highest BCUT2D eigenvalue weighted by Crippen LogP contribution is 2.47. The van der Waals surface area contributed by atoms with Crippen molar-refractivity contribution in [1.82, 2.24) is 4.90 Å². The lowest BCUT2D eigenvalue weighted by atomic mass is 9.62. The SMILES string of the molecule is CC1CC(C#N)(C(=O)N2CCC(C(C)(C)C)CC2)C1. The molecule has 1 saturated heterocycles. The topological polar surface area (TPSA) is 44.1 Å². The number of carbonyl (C=O) groups is 1. The van der Waals surface area contributed by atoms with E-state index in [9.17, 15) is 10.1 Å². The van der Waals surface area contributed by atoms with Gasteiger partial charge < -0.3 is 4.90 Å². The number of piperidine rings is 1. The molecule has 0 bridgehead atoms. The summed E-state index contributed by atoms with van der Waals surface area (Å²) >= 11 is 0. The van der Waals surface area contributed by atoms with Crippen molar-refractivity contribution in [3.63, 3.8) is 0 Å². The molecule has 1 amide bonds. The van der Waals surface area contributed by atoms with Crippen LogP contribution in [0.25, 0.3) is 0 Å². The lowest BCUT2D eigenvalue weighted by molar-refractivity contribution is -0.147. The molecule has 2 rings (SSSR count). The summed E-state index contributed by atoms with van der Waals surface area (Å²) in [6.45, 7) is 10.6. The molecule has 2 aliphatic rings. The molecule has 0 N–H and O–H groups in total. The summed E-state index contributed by atoms with van der Waals surface area (Å²) in [4.78, 5) is 14.5. The van der Waals surface area contributed by atoms with Gasteiger partial charge in [0, 0.05) is 13.1 Å². The fraction of sp³-hybridized carbons (Fsp3) is 0.875. The fourth-order valence-corrected chi connectivity index (χ4v) is 3.69. The van der Waals surface area contributed by atoms with Crippen molar-refractivity contribution in [2.75, 3.05) is 13.1 Å². The highest BCUT2D eigenvalue weighted by Gasteiger charge is 2.51. The first-order valence-corrected chi connectivity index (χ1v) is 7.49. The number of likely N-dealkylation sites (tertiary alicyclic amines) is 1. The van der Waals surface area contributed by atoms with Crippen molar-refractivity contribution >= 4 is 5.91 Å². The van der Waals surface area contributed by atoms with Crippen LogP contribution in [0.5, 0.6) is 0 Å². The van der Waals surface area contributed by atoms with Crippen molar-refractivity contribution in [2.24, 2.45) is 22.7 Å². The van der Waals surface area contributed by atoms with E-state index in [4.69, 9.17) is 0 Å². The van der Waals surface area contributed by atoms with Crippen LogP contribution in [0, 0.1) is 34.0 Å². The van der Waals surface area contributed by atoms with Gasteiger partial charge in [0.05, 0.1) is 6.07 Å². The van der Waals surface area contributed by atoms with Crippen LogP contribution >= 0.6 is 0 Å². The second kappa shape index (κ2) is 4.81. The molecule has 0 unspecified atom stereocenters. The van der Waals surface area contributed by atoms with E-state index < -0.39 is 5.41 Å². The molecule has 0 aromatic carbocycles. The normalized spacial score (nSPS) is 32.6. The lowest BCUT2D eigenvalue weighted by Crippen LogP contribution is -2.52. The van der Waals surface area contributed by atoms with Crippen molar-refractivity contribution in [3.8, 4) is 6.07 Å². The summed E-state index contributed by atoms with van der Waals surface area (Å²) in [5.41, 5.74) is -0.360. The molecule has 1 heterocycles. The van der Waals surface area contributed by atoms with Crippen LogP contribution in [-0.2, 0) is 4.79 Å². The number of rotatable bonds is 1. The van der Waals surface area contributed by atoms with Gasteiger partial charge in [-0.2, -0.15) is 5.26 Å². The number of amides is 1. The van der Waals surface area contributed by atoms with Gasteiger partial charge >= 0.3 is 0 Å². The molecule has 19 heavy (non-hydrogen) atoms. The first-order valence-electron chi connectivity index (χ1n) is 7.49. The van der Waals surface area contributed by atoms with E-state index in [0.717, 1.165) is 38.8 Å².